The summed E-state index contributed by atoms with van der Waals surface area (Å²) in [6, 6.07) is 9.04. The molecule has 1 atom stereocenters. The second kappa shape index (κ2) is 10.2. The Balaban J connectivity index is 1.66. The van der Waals surface area contributed by atoms with Crippen LogP contribution in [0.15, 0.2) is 60.8 Å². The van der Waals surface area contributed by atoms with Crippen LogP contribution in [0.25, 0.3) is 16.6 Å². The predicted octanol–water partition coefficient (Wildman–Crippen LogP) is 6.20. The molecule has 0 spiro atoms. The zero-order valence-corrected chi connectivity index (χ0v) is 20.2. The summed E-state index contributed by atoms with van der Waals surface area (Å²) < 4.78 is 99.5. The molecule has 0 bridgehead atoms. The average molecular weight is 540 g/mol. The number of nitrogens with one attached hydrogen (secondary N) is 1. The summed E-state index contributed by atoms with van der Waals surface area (Å²) in [6.45, 7) is 0.819. The minimum absolute atomic E-state index is 0.0740. The minimum atomic E-state index is -5.16. The number of fused-ring (bicyclic) bond motifs is 1. The molecule has 38 heavy (non-hydrogen) atoms. The van der Waals surface area contributed by atoms with E-state index in [0.717, 1.165) is 29.2 Å². The Morgan fingerprint density at radius 2 is 1.63 bits per heavy atom. The Hall–Kier alpha value is -3.80. The van der Waals surface area contributed by atoms with Crippen molar-refractivity contribution in [3.63, 3.8) is 0 Å². The maximum absolute atomic E-state index is 14.4. The zero-order chi connectivity index (χ0) is 27.8. The summed E-state index contributed by atoms with van der Waals surface area (Å²) in [5.74, 6) is -3.46. The minimum Gasteiger partial charge on any atom is -0.381 e. The number of nitrogens with zero attached hydrogens (tertiary/aromatic N) is 3. The van der Waals surface area contributed by atoms with Gasteiger partial charge in [0, 0.05) is 29.2 Å². The third-order valence-electron chi connectivity index (χ3n) is 6.12. The number of benzene rings is 3. The molecule has 1 aromatic heterocycles. The molecule has 4 rings (SSSR count). The Kier molecular flexibility index (Phi) is 7.29. The Bertz CT molecular complexity index is 1450. The second-order valence-electron chi connectivity index (χ2n) is 9.09. The van der Waals surface area contributed by atoms with Crippen molar-refractivity contribution in [2.24, 2.45) is 0 Å². The van der Waals surface area contributed by atoms with E-state index in [-0.39, 0.29) is 11.4 Å². The molecule has 12 heteroatoms. The average Bonchev–Trinajstić information content (AvgIpc) is 3.26. The van der Waals surface area contributed by atoms with Gasteiger partial charge < -0.3 is 15.3 Å². The van der Waals surface area contributed by atoms with Gasteiger partial charge in [0.15, 0.2) is 11.4 Å². The van der Waals surface area contributed by atoms with E-state index in [1.54, 1.807) is 6.07 Å². The molecule has 3 aromatic carbocycles. The van der Waals surface area contributed by atoms with Crippen LogP contribution in [0, 0.1) is 23.3 Å². The monoisotopic (exact) mass is 540 g/mol. The first-order valence-corrected chi connectivity index (χ1v) is 11.5. The van der Waals surface area contributed by atoms with Crippen molar-refractivity contribution < 1.29 is 35.8 Å². The molecule has 1 unspecified atom stereocenters. The fourth-order valence-corrected chi connectivity index (χ4v) is 4.07. The van der Waals surface area contributed by atoms with E-state index in [0.29, 0.717) is 17.0 Å². The zero-order valence-electron chi connectivity index (χ0n) is 20.2. The first-order chi connectivity index (χ1) is 17.8. The van der Waals surface area contributed by atoms with Crippen molar-refractivity contribution >= 4 is 22.3 Å². The third-order valence-corrected chi connectivity index (χ3v) is 6.12. The second-order valence-corrected chi connectivity index (χ2v) is 9.09. The van der Waals surface area contributed by atoms with Crippen LogP contribution in [-0.2, 0) is 0 Å². The SMILES string of the molecule is CC(C)N(CC(O)(CNc1cccc2c1cnn2-c1ccc(F)cc1F)C(F)(F)F)c1cc(F)ccc1F. The molecule has 202 valence electrons. The highest BCUT2D eigenvalue weighted by molar-refractivity contribution is 5.92. The van der Waals surface area contributed by atoms with E-state index in [9.17, 15) is 35.8 Å². The van der Waals surface area contributed by atoms with E-state index >= 15 is 0 Å². The van der Waals surface area contributed by atoms with Gasteiger partial charge in [0.1, 0.15) is 23.1 Å². The van der Waals surface area contributed by atoms with Crippen molar-refractivity contribution in [3.05, 3.63) is 84.1 Å². The molecule has 0 saturated carbocycles. The van der Waals surface area contributed by atoms with Crippen LogP contribution >= 0.6 is 0 Å². The molecule has 0 aliphatic carbocycles. The molecule has 0 fully saturated rings. The van der Waals surface area contributed by atoms with Crippen molar-refractivity contribution in [3.8, 4) is 5.69 Å². The quantitative estimate of drug-likeness (QED) is 0.261. The molecular formula is C26H23F7N4O. The lowest BCUT2D eigenvalue weighted by Gasteiger charge is -2.39. The molecule has 0 aliphatic heterocycles. The van der Waals surface area contributed by atoms with Crippen molar-refractivity contribution in [2.45, 2.75) is 31.7 Å². The van der Waals surface area contributed by atoms with E-state index in [4.69, 9.17) is 0 Å². The van der Waals surface area contributed by atoms with Gasteiger partial charge in [0.05, 0.1) is 30.5 Å². The van der Waals surface area contributed by atoms with Gasteiger partial charge in [-0.2, -0.15) is 18.3 Å². The number of halogens is 7. The van der Waals surface area contributed by atoms with Crippen molar-refractivity contribution in [1.29, 1.82) is 0 Å². The maximum Gasteiger partial charge on any atom is 0.420 e. The lowest BCUT2D eigenvalue weighted by atomic mass is 10.0. The van der Waals surface area contributed by atoms with E-state index in [1.807, 2.05) is 0 Å². The van der Waals surface area contributed by atoms with Gasteiger partial charge in [-0.3, -0.25) is 0 Å². The van der Waals surface area contributed by atoms with Crippen LogP contribution < -0.4 is 10.2 Å². The normalized spacial score (nSPS) is 13.7. The van der Waals surface area contributed by atoms with Crippen LogP contribution in [0.3, 0.4) is 0 Å². The van der Waals surface area contributed by atoms with Crippen LogP contribution in [-0.4, -0.2) is 45.8 Å². The fourth-order valence-electron chi connectivity index (χ4n) is 4.07. The van der Waals surface area contributed by atoms with Crippen LogP contribution in [0.2, 0.25) is 0 Å². The number of alkyl halides is 3. The molecular weight excluding hydrogens is 517 g/mol. The summed E-state index contributed by atoms with van der Waals surface area (Å²) >= 11 is 0. The highest BCUT2D eigenvalue weighted by atomic mass is 19.4. The Morgan fingerprint density at radius 3 is 2.29 bits per heavy atom. The van der Waals surface area contributed by atoms with E-state index < -0.39 is 59.9 Å². The molecule has 5 nitrogen and oxygen atoms in total. The van der Waals surface area contributed by atoms with Crippen LogP contribution in [0.4, 0.5) is 42.1 Å². The molecule has 4 aromatic rings. The van der Waals surface area contributed by atoms with Gasteiger partial charge in [-0.25, -0.2) is 22.2 Å². The highest BCUT2D eigenvalue weighted by Gasteiger charge is 2.55. The maximum atomic E-state index is 14.4. The van der Waals surface area contributed by atoms with Crippen molar-refractivity contribution in [1.82, 2.24) is 9.78 Å². The van der Waals surface area contributed by atoms with Gasteiger partial charge >= 0.3 is 6.18 Å². The summed E-state index contributed by atoms with van der Waals surface area (Å²) in [6.07, 6.45) is -3.87. The number of rotatable bonds is 8. The fraction of sp³-hybridized carbons (Fsp3) is 0.269. The smallest absolute Gasteiger partial charge is 0.381 e. The van der Waals surface area contributed by atoms with Crippen LogP contribution in [0.1, 0.15) is 13.8 Å². The third kappa shape index (κ3) is 5.26. The molecule has 0 amide bonds. The number of anilines is 2. The molecule has 0 aliphatic rings. The van der Waals surface area contributed by atoms with Gasteiger partial charge in [-0.05, 0) is 50.2 Å². The van der Waals surface area contributed by atoms with Gasteiger partial charge in [-0.15, -0.1) is 0 Å². The molecule has 0 saturated heterocycles. The lowest BCUT2D eigenvalue weighted by Crippen LogP contribution is -2.59. The van der Waals surface area contributed by atoms with E-state index in [2.05, 4.69) is 10.4 Å². The topological polar surface area (TPSA) is 53.3 Å². The number of aromatic nitrogens is 2. The van der Waals surface area contributed by atoms with Crippen LogP contribution in [0.5, 0.6) is 0 Å². The largest absolute Gasteiger partial charge is 0.420 e. The number of hydrogen-bond donors (Lipinski definition) is 2. The standard InChI is InChI=1S/C26H23F7N4O/c1-15(2)36(24-11-17(28)6-8-19(24)29)14-25(38,26(31,32)33)13-34-21-4-3-5-22-18(21)12-35-37(22)23-9-7-16(27)10-20(23)30/h3-12,15,34,38H,13-14H2,1-2H3. The van der Waals surface area contributed by atoms with Gasteiger partial charge in [0.25, 0.3) is 0 Å². The molecule has 2 N–H and O–H groups in total. The predicted molar refractivity (Wildman–Crippen MR) is 129 cm³/mol. The molecule has 1 heterocycles. The summed E-state index contributed by atoms with van der Waals surface area (Å²) in [5, 5.41) is 17.8. The Morgan fingerprint density at radius 1 is 0.947 bits per heavy atom. The lowest BCUT2D eigenvalue weighted by molar-refractivity contribution is -0.250. The summed E-state index contributed by atoms with van der Waals surface area (Å²) in [5.41, 5.74) is -3.44. The number of hydrogen-bond acceptors (Lipinski definition) is 4. The van der Waals surface area contributed by atoms with E-state index in [1.165, 1.54) is 42.9 Å². The summed E-state index contributed by atoms with van der Waals surface area (Å²) in [4.78, 5) is 0.934. The summed E-state index contributed by atoms with van der Waals surface area (Å²) in [7, 11) is 0. The van der Waals surface area contributed by atoms with Gasteiger partial charge in [-0.1, -0.05) is 6.07 Å². The Labute approximate surface area is 213 Å². The number of aliphatic hydroxyl groups is 1. The first-order valence-electron chi connectivity index (χ1n) is 11.5. The first kappa shape index (κ1) is 27.2. The van der Waals surface area contributed by atoms with Crippen molar-refractivity contribution in [2.75, 3.05) is 23.3 Å². The highest BCUT2D eigenvalue weighted by Crippen LogP contribution is 2.35. The molecule has 0 radical (unpaired) electrons. The van der Waals surface area contributed by atoms with Gasteiger partial charge in [0.2, 0.25) is 0 Å².